The Morgan fingerprint density at radius 1 is 0.444 bits per heavy atom. The molecule has 0 unspecified atom stereocenters. The van der Waals surface area contributed by atoms with Crippen molar-refractivity contribution in [2.24, 2.45) is 0 Å². The van der Waals surface area contributed by atoms with Crippen LogP contribution < -0.4 is 16.4 Å². The topological polar surface area (TPSA) is 30.6 Å². The monoisotopic (exact) mass is 920 g/mol. The molecule has 0 bridgehead atoms. The summed E-state index contributed by atoms with van der Waals surface area (Å²) in [5.74, 6) is 0. The minimum absolute atomic E-state index is 0.0361. The van der Waals surface area contributed by atoms with Crippen LogP contribution >= 0.6 is 0 Å². The van der Waals surface area contributed by atoms with Gasteiger partial charge in [0.25, 0.3) is 6.71 Å². The van der Waals surface area contributed by atoms with E-state index in [4.69, 9.17) is 0 Å². The number of hydrogen-bond donors (Lipinski definition) is 1. The van der Waals surface area contributed by atoms with Crippen molar-refractivity contribution >= 4 is 88.6 Å². The van der Waals surface area contributed by atoms with Crippen LogP contribution in [0.3, 0.4) is 0 Å². The first-order chi connectivity index (χ1) is 35.0. The molecule has 0 amide bonds. The fourth-order valence-corrected chi connectivity index (χ4v) is 14.7. The lowest BCUT2D eigenvalue weighted by atomic mass is 9.34. The molecule has 2 aliphatic heterocycles. The first-order valence-corrected chi connectivity index (χ1v) is 25.8. The zero-order valence-corrected chi connectivity index (χ0v) is 41.2. The lowest BCUT2D eigenvalue weighted by Gasteiger charge is -2.35. The van der Waals surface area contributed by atoms with Crippen LogP contribution in [0.15, 0.2) is 182 Å². The van der Waals surface area contributed by atoms with Crippen molar-refractivity contribution in [1.29, 1.82) is 0 Å². The molecule has 9 aromatic carbocycles. The van der Waals surface area contributed by atoms with Crippen LogP contribution in [-0.4, -0.2) is 25.4 Å². The lowest BCUT2D eigenvalue weighted by Crippen LogP contribution is -2.59. The van der Waals surface area contributed by atoms with E-state index in [9.17, 15) is 0 Å². The first kappa shape index (κ1) is 39.4. The summed E-state index contributed by atoms with van der Waals surface area (Å²) in [4.78, 5) is 3.81. The number of nitrogens with zero attached hydrogens (tertiary/aromatic N) is 3. The molecule has 0 saturated carbocycles. The van der Waals surface area contributed by atoms with Crippen molar-refractivity contribution in [3.63, 3.8) is 0 Å². The molecule has 1 spiro atoms. The fourth-order valence-electron chi connectivity index (χ4n) is 14.7. The molecule has 4 nitrogen and oxygen atoms in total. The Bertz CT molecular complexity index is 4590. The number of para-hydroxylation sites is 2. The summed E-state index contributed by atoms with van der Waals surface area (Å²) in [5, 5.41) is 7.72. The van der Waals surface area contributed by atoms with Gasteiger partial charge in [-0.15, -0.1) is 0 Å². The van der Waals surface area contributed by atoms with E-state index in [0.717, 1.165) is 5.65 Å². The number of aromatic amines is 1. The third kappa shape index (κ3) is 4.43. The molecular weight excluding hydrogens is 872 g/mol. The highest BCUT2D eigenvalue weighted by Crippen LogP contribution is 2.64. The van der Waals surface area contributed by atoms with Crippen molar-refractivity contribution in [2.45, 2.75) is 57.8 Å². The zero-order chi connectivity index (χ0) is 47.9. The van der Waals surface area contributed by atoms with Crippen molar-refractivity contribution in [2.75, 3.05) is 0 Å². The molecule has 72 heavy (non-hydrogen) atoms. The van der Waals surface area contributed by atoms with E-state index in [-0.39, 0.29) is 17.5 Å². The van der Waals surface area contributed by atoms with Gasteiger partial charge in [0, 0.05) is 55.5 Å². The molecule has 4 aliphatic rings. The normalized spacial score (nSPS) is 14.6. The standard InChI is InChI=1S/C67H49BN4/c1-65(2,3)37-33-38(66(4,5)6)35-39(34-37)70-54-25-15-10-19-42(54)47-36-53-63-58(60(47)70)46-21-11-16-26-55(46)71(63)56-30-27-43-44-31-32-69-64(44)72-61(43)59(56)68(53)52-29-28-51-57(62(52)72)45-20-9-14-24-50(45)67(51)48-22-12-7-17-40(48)41-18-8-13-23-49(41)67/h7-36,69H,1-6H3. The fraction of sp³-hybridized carbons (Fsp3) is 0.134. The Morgan fingerprint density at radius 3 is 1.75 bits per heavy atom. The SMILES string of the molecule is CC(C)(C)c1cc(-n2c3ccccc3c3cc4c5c(c6ccccc6n5-c5ccc6c7cc[nH]c7n7c6c5B4c4ccc5c(c4-7)-c4ccccc4C54c5ccccc5-c5ccccc54)c32)cc(C(C)(C)C)c1. The molecule has 340 valence electrons. The predicted octanol–water partition coefficient (Wildman–Crippen LogP) is 14.4. The van der Waals surface area contributed by atoms with Crippen LogP contribution in [0.2, 0.25) is 0 Å². The number of nitrogens with one attached hydrogen (secondary N) is 1. The number of rotatable bonds is 1. The van der Waals surface area contributed by atoms with Gasteiger partial charge in [-0.3, -0.25) is 4.57 Å². The maximum absolute atomic E-state index is 3.81. The largest absolute Gasteiger partial charge is 0.347 e. The lowest BCUT2D eigenvalue weighted by molar-refractivity contribution is 0.568. The molecule has 0 radical (unpaired) electrons. The maximum atomic E-state index is 3.81. The third-order valence-corrected chi connectivity index (χ3v) is 17.7. The van der Waals surface area contributed by atoms with Gasteiger partial charge in [-0.25, -0.2) is 0 Å². The molecule has 0 saturated heterocycles. The second-order valence-electron chi connectivity index (χ2n) is 23.3. The summed E-state index contributed by atoms with van der Waals surface area (Å²) in [6.07, 6.45) is 2.13. The number of H-pyrrole nitrogens is 1. The van der Waals surface area contributed by atoms with Crippen LogP contribution in [0.4, 0.5) is 0 Å². The summed E-state index contributed by atoms with van der Waals surface area (Å²) in [6, 6.07) is 68.3. The number of hydrogen-bond acceptors (Lipinski definition) is 0. The van der Waals surface area contributed by atoms with Gasteiger partial charge in [0.15, 0.2) is 0 Å². The third-order valence-electron chi connectivity index (χ3n) is 17.7. The van der Waals surface area contributed by atoms with E-state index < -0.39 is 5.41 Å². The van der Waals surface area contributed by atoms with Gasteiger partial charge in [-0.2, -0.15) is 0 Å². The highest BCUT2D eigenvalue weighted by atomic mass is 15.1. The molecule has 6 heterocycles. The minimum atomic E-state index is -0.457. The summed E-state index contributed by atoms with van der Waals surface area (Å²) >= 11 is 0. The molecule has 0 atom stereocenters. The summed E-state index contributed by atoms with van der Waals surface area (Å²) in [7, 11) is 0. The van der Waals surface area contributed by atoms with Crippen LogP contribution in [0.1, 0.15) is 74.9 Å². The Balaban J connectivity index is 1.06. The first-order valence-electron chi connectivity index (χ1n) is 25.8. The van der Waals surface area contributed by atoms with Crippen molar-refractivity contribution in [3.8, 4) is 39.3 Å². The summed E-state index contributed by atoms with van der Waals surface area (Å²) < 4.78 is 7.90. The molecule has 4 aromatic heterocycles. The second-order valence-corrected chi connectivity index (χ2v) is 23.3. The van der Waals surface area contributed by atoms with Crippen LogP contribution in [-0.2, 0) is 16.2 Å². The summed E-state index contributed by atoms with van der Waals surface area (Å²) in [6.45, 7) is 14.1. The molecule has 0 fully saturated rings. The van der Waals surface area contributed by atoms with E-state index in [2.05, 4.69) is 242 Å². The van der Waals surface area contributed by atoms with E-state index in [0.29, 0.717) is 0 Å². The van der Waals surface area contributed by atoms with Gasteiger partial charge in [0.2, 0.25) is 0 Å². The van der Waals surface area contributed by atoms with Gasteiger partial charge >= 0.3 is 0 Å². The molecule has 5 heteroatoms. The van der Waals surface area contributed by atoms with Gasteiger partial charge < -0.3 is 14.1 Å². The molecule has 13 aromatic rings. The predicted molar refractivity (Wildman–Crippen MR) is 302 cm³/mol. The highest BCUT2D eigenvalue weighted by Gasteiger charge is 2.54. The quantitative estimate of drug-likeness (QED) is 0.159. The van der Waals surface area contributed by atoms with Crippen molar-refractivity contribution < 1.29 is 0 Å². The average Bonchev–Trinajstić information content (AvgIpc) is 4.24. The van der Waals surface area contributed by atoms with Crippen molar-refractivity contribution in [1.82, 2.24) is 18.7 Å². The smallest absolute Gasteiger partial charge is 0.252 e. The van der Waals surface area contributed by atoms with Gasteiger partial charge in [-0.1, -0.05) is 181 Å². The zero-order valence-electron chi connectivity index (χ0n) is 41.2. The Labute approximate surface area is 417 Å². The Morgan fingerprint density at radius 2 is 1.06 bits per heavy atom. The Kier molecular flexibility index (Phi) is 7.00. The van der Waals surface area contributed by atoms with Crippen LogP contribution in [0.25, 0.3) is 105 Å². The number of fused-ring (bicyclic) bond motifs is 26. The summed E-state index contributed by atoms with van der Waals surface area (Å²) in [5.41, 5.74) is 28.3. The molecule has 17 rings (SSSR count). The number of aromatic nitrogens is 4. The van der Waals surface area contributed by atoms with Gasteiger partial charge in [-0.05, 0) is 114 Å². The average molecular weight is 921 g/mol. The van der Waals surface area contributed by atoms with E-state index in [1.54, 1.807) is 0 Å². The Hall–Kier alpha value is -8.28. The molecular formula is C67H49BN4. The highest BCUT2D eigenvalue weighted by molar-refractivity contribution is 7.00. The maximum Gasteiger partial charge on any atom is 0.252 e. The van der Waals surface area contributed by atoms with E-state index in [1.165, 1.54) is 149 Å². The van der Waals surface area contributed by atoms with Gasteiger partial charge in [0.1, 0.15) is 5.65 Å². The number of benzene rings is 9. The molecule has 1 N–H and O–H groups in total. The van der Waals surface area contributed by atoms with Crippen LogP contribution in [0.5, 0.6) is 0 Å². The van der Waals surface area contributed by atoms with E-state index in [1.807, 2.05) is 0 Å². The second kappa shape index (κ2) is 12.8. The minimum Gasteiger partial charge on any atom is -0.347 e. The van der Waals surface area contributed by atoms with Gasteiger partial charge in [0.05, 0.1) is 38.7 Å². The molecule has 2 aliphatic carbocycles. The van der Waals surface area contributed by atoms with E-state index >= 15 is 0 Å². The van der Waals surface area contributed by atoms with Crippen LogP contribution in [0, 0.1) is 0 Å². The van der Waals surface area contributed by atoms with Crippen molar-refractivity contribution in [3.05, 3.63) is 216 Å².